The minimum absolute atomic E-state index is 0.0158. The molecule has 166 valence electrons. The van der Waals surface area contributed by atoms with Crippen LogP contribution in [0.5, 0.6) is 0 Å². The molecule has 0 radical (unpaired) electrons. The first kappa shape index (κ1) is 22.2. The van der Waals surface area contributed by atoms with Crippen molar-refractivity contribution in [2.75, 3.05) is 5.33 Å². The Labute approximate surface area is 183 Å². The molecule has 4 aliphatic rings. The van der Waals surface area contributed by atoms with Crippen molar-refractivity contribution in [3.8, 4) is 0 Å². The van der Waals surface area contributed by atoms with Crippen LogP contribution in [0.4, 0.5) is 13.2 Å². The molecule has 0 aromatic heterocycles. The second kappa shape index (κ2) is 7.01. The fourth-order valence-electron chi connectivity index (χ4n) is 7.91. The number of carbonyl (C=O) groups excluding carboxylic acids is 3. The molecule has 0 saturated heterocycles. The van der Waals surface area contributed by atoms with E-state index >= 15 is 0 Å². The number of fused-ring (bicyclic) bond motifs is 5. The average molecular weight is 489 g/mol. The first-order chi connectivity index (χ1) is 13.9. The van der Waals surface area contributed by atoms with Gasteiger partial charge >= 0.3 is 6.18 Å². The van der Waals surface area contributed by atoms with Crippen LogP contribution in [0, 0.1) is 34.0 Å². The predicted octanol–water partition coefficient (Wildman–Crippen LogP) is 5.60. The maximum Gasteiger partial charge on any atom is 0.451 e. The topological polar surface area (TPSA) is 51.2 Å². The Kier molecular flexibility index (Phi) is 5.19. The minimum Gasteiger partial charge on any atom is -0.298 e. The smallest absolute Gasteiger partial charge is 0.298 e. The minimum atomic E-state index is -5.02. The van der Waals surface area contributed by atoms with Crippen molar-refractivity contribution >= 4 is 33.3 Å². The summed E-state index contributed by atoms with van der Waals surface area (Å²) in [6, 6.07) is 0. The highest BCUT2D eigenvalue weighted by atomic mass is 79.9. The quantitative estimate of drug-likeness (QED) is 0.383. The monoisotopic (exact) mass is 488 g/mol. The van der Waals surface area contributed by atoms with Crippen molar-refractivity contribution in [3.05, 3.63) is 11.6 Å². The number of ketones is 3. The van der Waals surface area contributed by atoms with Gasteiger partial charge in [-0.3, -0.25) is 14.4 Å². The van der Waals surface area contributed by atoms with Gasteiger partial charge in [-0.15, -0.1) is 0 Å². The molecule has 3 fully saturated rings. The van der Waals surface area contributed by atoms with Gasteiger partial charge in [0.1, 0.15) is 5.41 Å². The number of hydrogen-bond acceptors (Lipinski definition) is 3. The normalized spacial score (nSPS) is 43.3. The molecule has 0 bridgehead atoms. The Hall–Kier alpha value is -0.980. The molecule has 6 atom stereocenters. The molecule has 0 heterocycles. The number of Topliss-reactive ketones (excluding diaryl/α,β-unsaturated/α-hetero) is 2. The van der Waals surface area contributed by atoms with E-state index < -0.39 is 28.6 Å². The van der Waals surface area contributed by atoms with E-state index in [2.05, 4.69) is 22.9 Å². The van der Waals surface area contributed by atoms with Gasteiger partial charge in [0.2, 0.25) is 5.78 Å². The largest absolute Gasteiger partial charge is 0.451 e. The highest BCUT2D eigenvalue weighted by Crippen LogP contribution is 2.71. The van der Waals surface area contributed by atoms with Crippen LogP contribution in [0.25, 0.3) is 0 Å². The first-order valence-electron chi connectivity index (χ1n) is 10.9. The van der Waals surface area contributed by atoms with E-state index in [1.807, 2.05) is 0 Å². The Balaban J connectivity index is 1.75. The molecule has 4 rings (SSSR count). The summed E-state index contributed by atoms with van der Waals surface area (Å²) in [4.78, 5) is 37.6. The molecular weight excluding hydrogens is 461 g/mol. The van der Waals surface area contributed by atoms with Crippen LogP contribution in [0.1, 0.15) is 65.2 Å². The van der Waals surface area contributed by atoms with Crippen LogP contribution in [0.2, 0.25) is 0 Å². The molecule has 7 heteroatoms. The predicted molar refractivity (Wildman–Crippen MR) is 109 cm³/mol. The zero-order valence-corrected chi connectivity index (χ0v) is 19.0. The number of alkyl halides is 4. The standard InChI is InChI=1S/C23H28BrF3O3/c1-20-8-5-14(28)11-13(20)3-4-15-16(20)6-9-21(2)17(15)7-10-22(21,18(29)12-24)19(30)23(25,26)27/h11,15-17H,3-10,12H2,1-2H3/t15-,16+,17+,20+,21+,22-/m1/s1. The third kappa shape index (κ3) is 2.79. The van der Waals surface area contributed by atoms with Crippen LogP contribution in [-0.4, -0.2) is 28.9 Å². The number of carbonyl (C=O) groups is 3. The van der Waals surface area contributed by atoms with Gasteiger partial charge in [0.25, 0.3) is 0 Å². The number of halogens is 4. The second-order valence-corrected chi connectivity index (χ2v) is 10.8. The van der Waals surface area contributed by atoms with E-state index in [1.165, 1.54) is 5.57 Å². The molecular formula is C23H28BrF3O3. The fourth-order valence-corrected chi connectivity index (χ4v) is 8.39. The first-order valence-corrected chi connectivity index (χ1v) is 12.0. The summed E-state index contributed by atoms with van der Waals surface area (Å²) >= 11 is 3.06. The third-order valence-electron chi connectivity index (χ3n) is 9.40. The maximum absolute atomic E-state index is 13.7. The molecule has 3 saturated carbocycles. The molecule has 0 unspecified atom stereocenters. The Bertz CT molecular complexity index is 834. The van der Waals surface area contributed by atoms with Gasteiger partial charge < -0.3 is 0 Å². The summed E-state index contributed by atoms with van der Waals surface area (Å²) in [7, 11) is 0. The summed E-state index contributed by atoms with van der Waals surface area (Å²) in [6.45, 7) is 3.97. The van der Waals surface area contributed by atoms with Crippen LogP contribution in [0.15, 0.2) is 11.6 Å². The van der Waals surface area contributed by atoms with E-state index in [1.54, 1.807) is 13.0 Å². The molecule has 3 nitrogen and oxygen atoms in total. The number of rotatable bonds is 3. The van der Waals surface area contributed by atoms with Crippen LogP contribution < -0.4 is 0 Å². The van der Waals surface area contributed by atoms with Crippen molar-refractivity contribution in [1.82, 2.24) is 0 Å². The van der Waals surface area contributed by atoms with Gasteiger partial charge in [0, 0.05) is 6.42 Å². The van der Waals surface area contributed by atoms with Gasteiger partial charge in [0.15, 0.2) is 11.6 Å². The Morgan fingerprint density at radius 1 is 1.07 bits per heavy atom. The Morgan fingerprint density at radius 3 is 2.37 bits per heavy atom. The lowest BCUT2D eigenvalue weighted by Crippen LogP contribution is -2.59. The Morgan fingerprint density at radius 2 is 1.73 bits per heavy atom. The van der Waals surface area contributed by atoms with Gasteiger partial charge in [-0.05, 0) is 79.6 Å². The molecule has 0 amide bonds. The van der Waals surface area contributed by atoms with E-state index in [0.717, 1.165) is 19.3 Å². The lowest BCUT2D eigenvalue weighted by molar-refractivity contribution is -0.194. The van der Waals surface area contributed by atoms with Crippen molar-refractivity contribution in [3.63, 3.8) is 0 Å². The summed E-state index contributed by atoms with van der Waals surface area (Å²) in [5, 5.41) is -0.238. The average Bonchev–Trinajstić information content (AvgIpc) is 3.00. The van der Waals surface area contributed by atoms with Crippen molar-refractivity contribution < 1.29 is 27.6 Å². The molecule has 4 aliphatic carbocycles. The van der Waals surface area contributed by atoms with Crippen LogP contribution in [-0.2, 0) is 14.4 Å². The lowest BCUT2D eigenvalue weighted by Gasteiger charge is -2.59. The van der Waals surface area contributed by atoms with Crippen LogP contribution >= 0.6 is 15.9 Å². The number of hydrogen-bond donors (Lipinski definition) is 0. The molecule has 0 aromatic carbocycles. The summed E-state index contributed by atoms with van der Waals surface area (Å²) in [6.07, 6.45) is 1.28. The van der Waals surface area contributed by atoms with Gasteiger partial charge in [-0.25, -0.2) is 0 Å². The second-order valence-electron chi connectivity index (χ2n) is 10.3. The van der Waals surface area contributed by atoms with Crippen molar-refractivity contribution in [1.29, 1.82) is 0 Å². The summed E-state index contributed by atoms with van der Waals surface area (Å²) < 4.78 is 41.0. The SMILES string of the molecule is C[C@]12CCC(=O)C=C1CC[C@@H]1[C@@H]2CC[C@@]2(C)[C@H]1CC[C@@]2(C(=O)CBr)C(=O)C(F)(F)F. The van der Waals surface area contributed by atoms with Gasteiger partial charge in [-0.2, -0.15) is 13.2 Å². The highest BCUT2D eigenvalue weighted by molar-refractivity contribution is 9.09. The molecule has 0 spiro atoms. The molecule has 30 heavy (non-hydrogen) atoms. The van der Waals surface area contributed by atoms with Gasteiger partial charge in [-0.1, -0.05) is 35.4 Å². The maximum atomic E-state index is 13.7. The molecule has 0 N–H and O–H groups in total. The molecule has 0 aromatic rings. The van der Waals surface area contributed by atoms with E-state index in [9.17, 15) is 27.6 Å². The summed E-state index contributed by atoms with van der Waals surface area (Å²) in [5.41, 5.74) is -1.87. The third-order valence-corrected chi connectivity index (χ3v) is 9.91. The van der Waals surface area contributed by atoms with E-state index in [-0.39, 0.29) is 34.8 Å². The lowest BCUT2D eigenvalue weighted by atomic mass is 9.44. The zero-order chi connectivity index (χ0) is 22.1. The van der Waals surface area contributed by atoms with Crippen molar-refractivity contribution in [2.45, 2.75) is 71.4 Å². The van der Waals surface area contributed by atoms with Gasteiger partial charge in [0.05, 0.1) is 5.33 Å². The van der Waals surface area contributed by atoms with Crippen molar-refractivity contribution in [2.24, 2.45) is 34.0 Å². The van der Waals surface area contributed by atoms with E-state index in [4.69, 9.17) is 0 Å². The van der Waals surface area contributed by atoms with E-state index in [0.29, 0.717) is 31.6 Å². The zero-order valence-electron chi connectivity index (χ0n) is 17.4. The van der Waals surface area contributed by atoms with Crippen LogP contribution in [0.3, 0.4) is 0 Å². The summed E-state index contributed by atoms with van der Waals surface area (Å²) in [5.74, 6) is -1.92. The fraction of sp³-hybridized carbons (Fsp3) is 0.783. The molecule has 0 aliphatic heterocycles. The highest BCUT2D eigenvalue weighted by Gasteiger charge is 2.72. The number of allylic oxidation sites excluding steroid dienone is 1.